The van der Waals surface area contributed by atoms with Crippen LogP contribution in [-0.4, -0.2) is 17.7 Å². The minimum Gasteiger partial charge on any atom is -0.433 e. The van der Waals surface area contributed by atoms with E-state index in [9.17, 15) is 13.6 Å². The first-order chi connectivity index (χ1) is 7.54. The molecule has 2 nitrogen and oxygen atoms in total. The summed E-state index contributed by atoms with van der Waals surface area (Å²) in [6.07, 6.45) is 0.0434. The summed E-state index contributed by atoms with van der Waals surface area (Å²) in [5.41, 5.74) is 0.414. The fourth-order valence-corrected chi connectivity index (χ4v) is 1.68. The summed E-state index contributed by atoms with van der Waals surface area (Å²) in [7, 11) is 0. The highest BCUT2D eigenvalue weighted by Gasteiger charge is 2.14. The Morgan fingerprint density at radius 3 is 2.75 bits per heavy atom. The molecule has 1 rings (SSSR count). The molecule has 1 aromatic carbocycles. The number of ketones is 1. The molecule has 0 bridgehead atoms. The van der Waals surface area contributed by atoms with Crippen molar-refractivity contribution in [2.24, 2.45) is 0 Å². The lowest BCUT2D eigenvalue weighted by Crippen LogP contribution is -2.09. The van der Waals surface area contributed by atoms with E-state index in [1.165, 1.54) is 6.07 Å². The molecule has 0 N–H and O–H groups in total. The number of Topliss-reactive ketones (excluding diaryl/α,β-unsaturated/α-hetero) is 1. The number of halogens is 3. The Kier molecular flexibility index (Phi) is 5.21. The maximum atomic E-state index is 12.1. The minimum atomic E-state index is -2.92. The van der Waals surface area contributed by atoms with Gasteiger partial charge in [-0.1, -0.05) is 28.1 Å². The Balaban J connectivity index is 2.98. The topological polar surface area (TPSA) is 26.3 Å². The van der Waals surface area contributed by atoms with E-state index in [2.05, 4.69) is 33.3 Å². The number of alkyl halides is 3. The van der Waals surface area contributed by atoms with Crippen LogP contribution in [0.25, 0.3) is 0 Å². The molecule has 16 heavy (non-hydrogen) atoms. The van der Waals surface area contributed by atoms with Gasteiger partial charge in [-0.2, -0.15) is 8.78 Å². The number of rotatable bonds is 5. The summed E-state index contributed by atoms with van der Waals surface area (Å²) < 4.78 is 28.6. The molecule has 0 radical (unpaired) electrons. The van der Waals surface area contributed by atoms with Gasteiger partial charge in [0.1, 0.15) is 11.5 Å². The predicted octanol–water partition coefficient (Wildman–Crippen LogP) is 3.08. The fraction of sp³-hybridized carbons (Fsp3) is 0.300. The lowest BCUT2D eigenvalue weighted by atomic mass is 10.1. The van der Waals surface area contributed by atoms with Gasteiger partial charge < -0.3 is 4.74 Å². The van der Waals surface area contributed by atoms with E-state index >= 15 is 0 Å². The smallest absolute Gasteiger partial charge is 0.387 e. The van der Waals surface area contributed by atoms with Crippen molar-refractivity contribution in [2.45, 2.75) is 17.9 Å². The van der Waals surface area contributed by atoms with E-state index in [0.717, 1.165) is 0 Å². The second-order valence-electron chi connectivity index (χ2n) is 2.99. The normalized spacial score (nSPS) is 10.6. The van der Waals surface area contributed by atoms with Crippen molar-refractivity contribution in [1.29, 1.82) is 0 Å². The van der Waals surface area contributed by atoms with E-state index in [1.54, 1.807) is 12.1 Å². The Labute approximate surface area is 106 Å². The Hall–Kier alpha value is -0.620. The third kappa shape index (κ3) is 3.75. The largest absolute Gasteiger partial charge is 0.433 e. The molecule has 0 aliphatic carbocycles. The van der Waals surface area contributed by atoms with E-state index in [-0.39, 0.29) is 23.3 Å². The minimum absolute atomic E-state index is 0.0323. The first-order valence-electron chi connectivity index (χ1n) is 4.38. The quantitative estimate of drug-likeness (QED) is 0.668. The molecule has 0 atom stereocenters. The molecular formula is C10H9BrF2O2S. The van der Waals surface area contributed by atoms with Gasteiger partial charge in [-0.25, -0.2) is 0 Å². The number of carbonyl (C=O) groups is 1. The van der Waals surface area contributed by atoms with Gasteiger partial charge in [0.15, 0.2) is 0 Å². The first-order valence-corrected chi connectivity index (χ1v) is 5.94. The van der Waals surface area contributed by atoms with E-state index in [0.29, 0.717) is 10.5 Å². The van der Waals surface area contributed by atoms with Gasteiger partial charge in [0, 0.05) is 16.9 Å². The monoisotopic (exact) mass is 310 g/mol. The van der Waals surface area contributed by atoms with Gasteiger partial charge in [-0.15, -0.1) is 12.6 Å². The van der Waals surface area contributed by atoms with Crippen molar-refractivity contribution < 1.29 is 18.3 Å². The highest BCUT2D eigenvalue weighted by Crippen LogP contribution is 2.29. The standard InChI is InChI=1S/C10H9BrF2O2S/c11-5-7(14)4-6-2-1-3-8(16)9(6)15-10(12)13/h1-3,10,16H,4-5H2. The molecule has 0 unspecified atom stereocenters. The van der Waals surface area contributed by atoms with Crippen LogP contribution in [0.2, 0.25) is 0 Å². The summed E-state index contributed by atoms with van der Waals surface area (Å²) in [5, 5.41) is 0.178. The van der Waals surface area contributed by atoms with E-state index < -0.39 is 6.61 Å². The molecule has 0 aromatic heterocycles. The van der Waals surface area contributed by atoms with Gasteiger partial charge >= 0.3 is 6.61 Å². The molecule has 88 valence electrons. The number of benzene rings is 1. The van der Waals surface area contributed by atoms with Gasteiger partial charge in [-0.05, 0) is 6.07 Å². The summed E-state index contributed by atoms with van der Waals surface area (Å²) in [4.78, 5) is 11.5. The zero-order chi connectivity index (χ0) is 12.1. The molecule has 0 aliphatic heterocycles. The zero-order valence-electron chi connectivity index (χ0n) is 8.12. The maximum Gasteiger partial charge on any atom is 0.387 e. The number of hydrogen-bond acceptors (Lipinski definition) is 3. The lowest BCUT2D eigenvalue weighted by Gasteiger charge is -2.11. The number of carbonyl (C=O) groups excluding carboxylic acids is 1. The molecule has 0 spiro atoms. The third-order valence-electron chi connectivity index (χ3n) is 1.82. The number of thiol groups is 1. The Morgan fingerprint density at radius 2 is 2.19 bits per heavy atom. The van der Waals surface area contributed by atoms with Crippen molar-refractivity contribution in [1.82, 2.24) is 0 Å². The maximum absolute atomic E-state index is 12.1. The molecule has 0 fully saturated rings. The zero-order valence-corrected chi connectivity index (χ0v) is 10.6. The Bertz CT molecular complexity index is 385. The van der Waals surface area contributed by atoms with Crippen LogP contribution in [0.4, 0.5) is 8.78 Å². The number of para-hydroxylation sites is 1. The van der Waals surface area contributed by atoms with Crippen LogP contribution in [0, 0.1) is 0 Å². The van der Waals surface area contributed by atoms with E-state index in [4.69, 9.17) is 0 Å². The van der Waals surface area contributed by atoms with Crippen molar-refractivity contribution in [2.75, 3.05) is 5.33 Å². The summed E-state index contributed by atoms with van der Waals surface area (Å²) in [6.45, 7) is -2.92. The summed E-state index contributed by atoms with van der Waals surface area (Å²) in [6, 6.07) is 4.73. The lowest BCUT2D eigenvalue weighted by molar-refractivity contribution is -0.116. The molecule has 1 aromatic rings. The number of ether oxygens (including phenoxy) is 1. The molecule has 0 saturated carbocycles. The van der Waals surface area contributed by atoms with Gasteiger partial charge in [0.05, 0.1) is 5.33 Å². The highest BCUT2D eigenvalue weighted by atomic mass is 79.9. The van der Waals surface area contributed by atoms with Crippen LogP contribution in [0.1, 0.15) is 5.56 Å². The third-order valence-corrected chi connectivity index (χ3v) is 2.80. The van der Waals surface area contributed by atoms with Crippen molar-refractivity contribution in [3.05, 3.63) is 23.8 Å². The SMILES string of the molecule is O=C(CBr)Cc1cccc(S)c1OC(F)F. The predicted molar refractivity (Wildman–Crippen MR) is 62.8 cm³/mol. The van der Waals surface area contributed by atoms with Gasteiger partial charge in [-0.3, -0.25) is 4.79 Å². The average Bonchev–Trinajstić information content (AvgIpc) is 2.22. The van der Waals surface area contributed by atoms with Gasteiger partial charge in [0.2, 0.25) is 0 Å². The fourth-order valence-electron chi connectivity index (χ4n) is 1.20. The molecule has 0 heterocycles. The molecule has 0 aliphatic rings. The molecule has 6 heteroatoms. The van der Waals surface area contributed by atoms with Crippen LogP contribution in [-0.2, 0) is 11.2 Å². The van der Waals surface area contributed by atoms with Crippen molar-refractivity contribution >= 4 is 34.3 Å². The average molecular weight is 311 g/mol. The van der Waals surface area contributed by atoms with Crippen LogP contribution in [0.5, 0.6) is 5.75 Å². The number of hydrogen-bond donors (Lipinski definition) is 1. The molecule has 0 amide bonds. The first kappa shape index (κ1) is 13.4. The van der Waals surface area contributed by atoms with Crippen LogP contribution in [0.3, 0.4) is 0 Å². The van der Waals surface area contributed by atoms with Crippen molar-refractivity contribution in [3.63, 3.8) is 0 Å². The van der Waals surface area contributed by atoms with Crippen LogP contribution >= 0.6 is 28.6 Å². The van der Waals surface area contributed by atoms with Crippen molar-refractivity contribution in [3.8, 4) is 5.75 Å². The second-order valence-corrected chi connectivity index (χ2v) is 4.04. The van der Waals surface area contributed by atoms with Gasteiger partial charge in [0.25, 0.3) is 0 Å². The van der Waals surface area contributed by atoms with E-state index in [1.807, 2.05) is 0 Å². The van der Waals surface area contributed by atoms with Crippen LogP contribution in [0.15, 0.2) is 23.1 Å². The molecular weight excluding hydrogens is 302 g/mol. The molecule has 0 saturated heterocycles. The van der Waals surface area contributed by atoms with Crippen LogP contribution < -0.4 is 4.74 Å². The summed E-state index contributed by atoms with van der Waals surface area (Å²) >= 11 is 7.02. The Morgan fingerprint density at radius 1 is 1.50 bits per heavy atom. The summed E-state index contributed by atoms with van der Waals surface area (Å²) in [5.74, 6) is -0.145. The highest BCUT2D eigenvalue weighted by molar-refractivity contribution is 9.09. The second kappa shape index (κ2) is 6.20.